The van der Waals surface area contributed by atoms with Crippen molar-refractivity contribution in [1.82, 2.24) is 10.2 Å². The molecule has 1 aromatic rings. The van der Waals surface area contributed by atoms with E-state index < -0.39 is 29.9 Å². The molecule has 0 bridgehead atoms. The first-order valence-corrected chi connectivity index (χ1v) is 10.0. The Morgan fingerprint density at radius 3 is 2.71 bits per heavy atom. The van der Waals surface area contributed by atoms with Crippen molar-refractivity contribution in [3.05, 3.63) is 34.1 Å². The minimum atomic E-state index is -0.962. The third-order valence-corrected chi connectivity index (χ3v) is 5.81. The summed E-state index contributed by atoms with van der Waals surface area (Å²) in [6.07, 6.45) is 2.06. The van der Waals surface area contributed by atoms with Gasteiger partial charge in [0.1, 0.15) is 24.5 Å². The van der Waals surface area contributed by atoms with Crippen LogP contribution in [0.25, 0.3) is 0 Å². The molecule has 1 heterocycles. The SMILES string of the molecule is C[C@H]1CC(C)(C)C[C@@]2(C1)NC(=O)N(CC(=O)OCc1ccc(Br)cc1F)C2=O. The lowest BCUT2D eigenvalue weighted by molar-refractivity contribution is -0.149. The van der Waals surface area contributed by atoms with E-state index in [9.17, 15) is 18.8 Å². The summed E-state index contributed by atoms with van der Waals surface area (Å²) in [5.41, 5.74) is -0.833. The van der Waals surface area contributed by atoms with Crippen LogP contribution >= 0.6 is 15.9 Å². The van der Waals surface area contributed by atoms with Crippen LogP contribution in [0.2, 0.25) is 0 Å². The molecule has 2 atom stereocenters. The molecule has 6 nitrogen and oxygen atoms in total. The predicted octanol–water partition coefficient (Wildman–Crippen LogP) is 3.77. The van der Waals surface area contributed by atoms with Gasteiger partial charge in [-0.25, -0.2) is 9.18 Å². The molecule has 1 saturated heterocycles. The Morgan fingerprint density at radius 2 is 2.07 bits per heavy atom. The maximum Gasteiger partial charge on any atom is 0.326 e. The Balaban J connectivity index is 1.65. The number of benzene rings is 1. The fourth-order valence-corrected chi connectivity index (χ4v) is 4.95. The molecule has 0 unspecified atom stereocenters. The summed E-state index contributed by atoms with van der Waals surface area (Å²) in [5.74, 6) is -1.37. The van der Waals surface area contributed by atoms with Crippen LogP contribution in [0.4, 0.5) is 9.18 Å². The van der Waals surface area contributed by atoms with Gasteiger partial charge in [0.05, 0.1) is 0 Å². The Bertz CT molecular complexity index is 828. The number of rotatable bonds is 4. The van der Waals surface area contributed by atoms with Crippen LogP contribution in [0.1, 0.15) is 45.6 Å². The number of esters is 1. The number of imide groups is 1. The highest BCUT2D eigenvalue weighted by molar-refractivity contribution is 9.10. The molecule has 1 N–H and O–H groups in total. The maximum atomic E-state index is 13.8. The summed E-state index contributed by atoms with van der Waals surface area (Å²) in [5, 5.41) is 2.81. The van der Waals surface area contributed by atoms with Gasteiger partial charge in [-0.2, -0.15) is 0 Å². The Hall–Kier alpha value is -1.96. The monoisotopic (exact) mass is 454 g/mol. The molecule has 1 saturated carbocycles. The standard InChI is InChI=1S/C20H24BrFN2O4/c1-12-7-19(2,3)11-20(8-12)17(26)24(18(27)23-20)9-16(25)28-10-13-4-5-14(21)6-15(13)22/h4-6,12H,7-11H2,1-3H3,(H,23,27)/t12-,20+/m0/s1. The van der Waals surface area contributed by atoms with Crippen LogP contribution in [0.15, 0.2) is 22.7 Å². The molecule has 2 aliphatic rings. The van der Waals surface area contributed by atoms with E-state index in [1.807, 2.05) is 0 Å². The summed E-state index contributed by atoms with van der Waals surface area (Å²) in [4.78, 5) is 38.5. The summed E-state index contributed by atoms with van der Waals surface area (Å²) in [7, 11) is 0. The molecule has 1 aliphatic carbocycles. The number of halogens is 2. The number of carbonyl (C=O) groups excluding carboxylic acids is 3. The average Bonchev–Trinajstić information content (AvgIpc) is 2.75. The number of nitrogens with zero attached hydrogens (tertiary/aromatic N) is 1. The molecule has 8 heteroatoms. The topological polar surface area (TPSA) is 75.7 Å². The largest absolute Gasteiger partial charge is 0.459 e. The third-order valence-electron chi connectivity index (χ3n) is 5.32. The minimum Gasteiger partial charge on any atom is -0.459 e. The van der Waals surface area contributed by atoms with Gasteiger partial charge in [-0.15, -0.1) is 0 Å². The molecule has 0 aromatic heterocycles. The van der Waals surface area contributed by atoms with E-state index in [0.717, 1.165) is 11.3 Å². The quantitative estimate of drug-likeness (QED) is 0.554. The van der Waals surface area contributed by atoms with Crippen molar-refractivity contribution in [3.63, 3.8) is 0 Å². The predicted molar refractivity (Wildman–Crippen MR) is 104 cm³/mol. The number of hydrogen-bond donors (Lipinski definition) is 1. The second-order valence-electron chi connectivity index (χ2n) is 8.65. The molecular formula is C20H24BrFN2O4. The lowest BCUT2D eigenvalue weighted by Crippen LogP contribution is -2.54. The molecule has 152 valence electrons. The second-order valence-corrected chi connectivity index (χ2v) is 9.57. The molecule has 0 radical (unpaired) electrons. The molecule has 2 fully saturated rings. The van der Waals surface area contributed by atoms with E-state index >= 15 is 0 Å². The van der Waals surface area contributed by atoms with Crippen molar-refractivity contribution in [3.8, 4) is 0 Å². The van der Waals surface area contributed by atoms with Gasteiger partial charge in [-0.05, 0) is 42.7 Å². The van der Waals surface area contributed by atoms with E-state index in [4.69, 9.17) is 4.74 Å². The lowest BCUT2D eigenvalue weighted by Gasteiger charge is -2.43. The van der Waals surface area contributed by atoms with E-state index in [1.165, 1.54) is 12.1 Å². The third kappa shape index (κ3) is 4.21. The molecule has 3 amide bonds. The van der Waals surface area contributed by atoms with Gasteiger partial charge in [0.15, 0.2) is 0 Å². The average molecular weight is 455 g/mol. The van der Waals surface area contributed by atoms with E-state index in [2.05, 4.69) is 42.0 Å². The Labute approximate surface area is 171 Å². The van der Waals surface area contributed by atoms with Crippen molar-refractivity contribution in [2.24, 2.45) is 11.3 Å². The number of nitrogens with one attached hydrogen (secondary N) is 1. The highest BCUT2D eigenvalue weighted by Crippen LogP contribution is 2.46. The highest BCUT2D eigenvalue weighted by atomic mass is 79.9. The normalized spacial score (nSPS) is 26.5. The first-order chi connectivity index (χ1) is 13.0. The van der Waals surface area contributed by atoms with Crippen LogP contribution in [-0.2, 0) is 20.9 Å². The first kappa shape index (κ1) is 20.8. The van der Waals surface area contributed by atoms with Gasteiger partial charge in [-0.1, -0.05) is 42.8 Å². The summed E-state index contributed by atoms with van der Waals surface area (Å²) < 4.78 is 19.5. The Morgan fingerprint density at radius 1 is 1.36 bits per heavy atom. The van der Waals surface area contributed by atoms with Crippen molar-refractivity contribution < 1.29 is 23.5 Å². The number of carbonyl (C=O) groups is 3. The van der Waals surface area contributed by atoms with Crippen molar-refractivity contribution in [2.45, 2.75) is 52.2 Å². The highest BCUT2D eigenvalue weighted by Gasteiger charge is 2.56. The lowest BCUT2D eigenvalue weighted by atomic mass is 9.64. The molecule has 28 heavy (non-hydrogen) atoms. The second kappa shape index (κ2) is 7.46. The number of hydrogen-bond acceptors (Lipinski definition) is 4. The molecule has 1 aromatic carbocycles. The van der Waals surface area contributed by atoms with Crippen molar-refractivity contribution in [2.75, 3.05) is 6.54 Å². The van der Waals surface area contributed by atoms with Crippen LogP contribution in [0.3, 0.4) is 0 Å². The van der Waals surface area contributed by atoms with Gasteiger partial charge in [0, 0.05) is 10.0 Å². The van der Waals surface area contributed by atoms with Crippen LogP contribution in [0.5, 0.6) is 0 Å². The molecule has 1 spiro atoms. The number of urea groups is 1. The van der Waals surface area contributed by atoms with E-state index in [0.29, 0.717) is 17.3 Å². The van der Waals surface area contributed by atoms with Gasteiger partial charge >= 0.3 is 12.0 Å². The summed E-state index contributed by atoms with van der Waals surface area (Å²) >= 11 is 3.16. The number of amides is 3. The van der Waals surface area contributed by atoms with Gasteiger partial charge in [-0.3, -0.25) is 14.5 Å². The fraction of sp³-hybridized carbons (Fsp3) is 0.550. The van der Waals surface area contributed by atoms with Crippen LogP contribution in [-0.4, -0.2) is 34.9 Å². The smallest absolute Gasteiger partial charge is 0.326 e. The van der Waals surface area contributed by atoms with Crippen molar-refractivity contribution in [1.29, 1.82) is 0 Å². The van der Waals surface area contributed by atoms with E-state index in [1.54, 1.807) is 6.07 Å². The fourth-order valence-electron chi connectivity index (χ4n) is 4.62. The summed E-state index contributed by atoms with van der Waals surface area (Å²) in [6.45, 7) is 5.46. The van der Waals surface area contributed by atoms with Crippen LogP contribution in [0, 0.1) is 17.2 Å². The van der Waals surface area contributed by atoms with Crippen LogP contribution < -0.4 is 5.32 Å². The summed E-state index contributed by atoms with van der Waals surface area (Å²) in [6, 6.07) is 3.83. The molecule has 3 rings (SSSR count). The minimum absolute atomic E-state index is 0.0871. The molecular weight excluding hydrogens is 431 g/mol. The first-order valence-electron chi connectivity index (χ1n) is 9.25. The number of ether oxygens (including phenoxy) is 1. The zero-order chi connectivity index (χ0) is 20.7. The van der Waals surface area contributed by atoms with Gasteiger partial charge in [0.25, 0.3) is 5.91 Å². The Kier molecular flexibility index (Phi) is 5.53. The van der Waals surface area contributed by atoms with Crippen molar-refractivity contribution >= 4 is 33.8 Å². The zero-order valence-electron chi connectivity index (χ0n) is 16.2. The molecule has 1 aliphatic heterocycles. The van der Waals surface area contributed by atoms with Gasteiger partial charge < -0.3 is 10.1 Å². The zero-order valence-corrected chi connectivity index (χ0v) is 17.8. The maximum absolute atomic E-state index is 13.8. The van der Waals surface area contributed by atoms with E-state index in [-0.39, 0.29) is 29.4 Å². The van der Waals surface area contributed by atoms with Gasteiger partial charge in [0.2, 0.25) is 0 Å².